The number of methoxy groups -OCH3 is 1. The fourth-order valence-corrected chi connectivity index (χ4v) is 4.47. The molecule has 7 nitrogen and oxygen atoms in total. The topological polar surface area (TPSA) is 95.9 Å². The lowest BCUT2D eigenvalue weighted by molar-refractivity contribution is -0.141. The highest BCUT2D eigenvalue weighted by molar-refractivity contribution is 7.83. The number of carbonyl (C=O) groups is 1. The first-order chi connectivity index (χ1) is 13.4. The van der Waals surface area contributed by atoms with E-state index in [2.05, 4.69) is 33.9 Å². The molecule has 2 aliphatic rings. The van der Waals surface area contributed by atoms with Gasteiger partial charge in [-0.1, -0.05) is 49.6 Å². The van der Waals surface area contributed by atoms with Crippen LogP contribution in [0.2, 0.25) is 0 Å². The lowest BCUT2D eigenvalue weighted by Crippen LogP contribution is -2.35. The normalized spacial score (nSPS) is 21.0. The maximum Gasteiger partial charge on any atom is 0.333 e. The first-order valence-corrected chi connectivity index (χ1v) is 11.4. The van der Waals surface area contributed by atoms with E-state index in [-0.39, 0.29) is 12.0 Å². The van der Waals surface area contributed by atoms with E-state index in [0.717, 1.165) is 51.7 Å². The molecule has 1 aliphatic heterocycles. The van der Waals surface area contributed by atoms with Crippen molar-refractivity contribution in [3.63, 3.8) is 0 Å². The number of nitrogens with one attached hydrogen (secondary N) is 1. The molecule has 1 unspecified atom stereocenters. The zero-order chi connectivity index (χ0) is 20.4. The summed E-state index contributed by atoms with van der Waals surface area (Å²) < 4.78 is 36.0. The van der Waals surface area contributed by atoms with Crippen LogP contribution in [-0.4, -0.2) is 50.1 Å². The Hall–Kier alpha value is -1.48. The molecule has 8 heteroatoms. The maximum absolute atomic E-state index is 11.2. The summed E-state index contributed by atoms with van der Waals surface area (Å²) >= 11 is 0. The Balaban J connectivity index is 0.000000221. The summed E-state index contributed by atoms with van der Waals surface area (Å²) in [5.74, 6) is 0.378. The molecule has 0 amide bonds. The molecule has 1 saturated carbocycles. The van der Waals surface area contributed by atoms with Crippen LogP contribution in [0.5, 0.6) is 0 Å². The number of ether oxygens (including phenoxy) is 1. The van der Waals surface area contributed by atoms with E-state index in [1.165, 1.54) is 19.1 Å². The number of likely N-dealkylation sites (tertiary alicyclic amines) is 1. The quantitative estimate of drug-likeness (QED) is 0.551. The lowest BCUT2D eigenvalue weighted by atomic mass is 9.96. The Kier molecular flexibility index (Phi) is 9.37. The molecule has 2 N–H and O–H groups in total. The highest BCUT2D eigenvalue weighted by Crippen LogP contribution is 2.21. The van der Waals surface area contributed by atoms with Gasteiger partial charge < -0.3 is 4.74 Å². The minimum Gasteiger partial charge on any atom is -0.469 e. The summed E-state index contributed by atoms with van der Waals surface area (Å²) in [4.78, 5) is 13.6. The molecule has 158 valence electrons. The van der Waals surface area contributed by atoms with Gasteiger partial charge in [0.05, 0.1) is 7.11 Å². The van der Waals surface area contributed by atoms with Gasteiger partial charge in [0.15, 0.2) is 0 Å². The van der Waals surface area contributed by atoms with Gasteiger partial charge in [-0.3, -0.25) is 14.2 Å². The van der Waals surface area contributed by atoms with Gasteiger partial charge in [-0.25, -0.2) is 0 Å². The number of carbonyl (C=O) groups excluding carboxylic acids is 1. The smallest absolute Gasteiger partial charge is 0.333 e. The summed E-state index contributed by atoms with van der Waals surface area (Å²) in [7, 11) is -2.52. The third-order valence-electron chi connectivity index (χ3n) is 5.22. The number of hydrogen-bond donors (Lipinski definition) is 2. The van der Waals surface area contributed by atoms with Crippen molar-refractivity contribution in [1.29, 1.82) is 0 Å². The Bertz CT molecular complexity index is 690. The van der Waals surface area contributed by atoms with Gasteiger partial charge in [0.2, 0.25) is 0 Å². The summed E-state index contributed by atoms with van der Waals surface area (Å²) in [6.07, 6.45) is 6.62. The van der Waals surface area contributed by atoms with Crippen molar-refractivity contribution < 1.29 is 22.5 Å². The van der Waals surface area contributed by atoms with Crippen LogP contribution in [0.15, 0.2) is 30.3 Å². The van der Waals surface area contributed by atoms with Gasteiger partial charge in [0.1, 0.15) is 0 Å². The monoisotopic (exact) mass is 412 g/mol. The average Bonchev–Trinajstić information content (AvgIpc) is 3.09. The summed E-state index contributed by atoms with van der Waals surface area (Å²) in [6, 6.07) is 10.4. The molecule has 1 saturated heterocycles. The van der Waals surface area contributed by atoms with E-state index in [1.807, 2.05) is 6.07 Å². The van der Waals surface area contributed by atoms with Gasteiger partial charge in [-0.05, 0) is 37.3 Å². The molecular formula is C20H32N2O5S. The minimum atomic E-state index is -3.97. The number of nitrogens with zero attached hydrogens (tertiary/aromatic N) is 1. The van der Waals surface area contributed by atoms with Crippen LogP contribution in [-0.2, 0) is 26.4 Å². The predicted octanol–water partition coefficient (Wildman–Crippen LogP) is 2.78. The van der Waals surface area contributed by atoms with Gasteiger partial charge in [-0.2, -0.15) is 13.1 Å². The van der Waals surface area contributed by atoms with Crippen molar-refractivity contribution in [2.45, 2.75) is 57.5 Å². The fourth-order valence-electron chi connectivity index (χ4n) is 3.81. The Labute approximate surface area is 168 Å². The van der Waals surface area contributed by atoms with Crippen molar-refractivity contribution in [3.8, 4) is 0 Å². The van der Waals surface area contributed by atoms with Gasteiger partial charge in [-0.15, -0.1) is 0 Å². The molecule has 1 atom stereocenters. The number of hydrogen-bond acceptors (Lipinski definition) is 5. The molecule has 2 fully saturated rings. The predicted molar refractivity (Wildman–Crippen MR) is 108 cm³/mol. The van der Waals surface area contributed by atoms with Crippen LogP contribution in [0.1, 0.15) is 50.5 Å². The standard InChI is InChI=1S/C14H19NO2.C6H13NO3S/c1-17-14(16)9-13-7-8-15(11-13)10-12-5-3-2-4-6-12;8-11(9,10)7-6-4-2-1-3-5-6/h2-6,13H,7-11H2,1H3;6-7H,1-5H2,(H,8,9,10). The molecule has 0 bridgehead atoms. The Morgan fingerprint density at radius 1 is 1.18 bits per heavy atom. The van der Waals surface area contributed by atoms with Crippen molar-refractivity contribution in [2.75, 3.05) is 20.2 Å². The van der Waals surface area contributed by atoms with Crippen LogP contribution < -0.4 is 4.72 Å². The number of esters is 1. The van der Waals surface area contributed by atoms with E-state index in [4.69, 9.17) is 9.29 Å². The molecule has 1 aromatic rings. The summed E-state index contributed by atoms with van der Waals surface area (Å²) in [5.41, 5.74) is 1.34. The molecule has 0 radical (unpaired) electrons. The van der Waals surface area contributed by atoms with Gasteiger partial charge >= 0.3 is 16.3 Å². The largest absolute Gasteiger partial charge is 0.469 e. The van der Waals surface area contributed by atoms with E-state index >= 15 is 0 Å². The second kappa shape index (κ2) is 11.5. The number of rotatable bonds is 6. The highest BCUT2D eigenvalue weighted by atomic mass is 32.2. The molecule has 1 aromatic carbocycles. The van der Waals surface area contributed by atoms with E-state index in [1.54, 1.807) is 0 Å². The third kappa shape index (κ3) is 9.14. The molecule has 1 aliphatic carbocycles. The van der Waals surface area contributed by atoms with Crippen LogP contribution >= 0.6 is 0 Å². The zero-order valence-electron chi connectivity index (χ0n) is 16.5. The molecule has 0 spiro atoms. The second-order valence-electron chi connectivity index (χ2n) is 7.58. The van der Waals surface area contributed by atoms with Crippen molar-refractivity contribution in [1.82, 2.24) is 9.62 Å². The van der Waals surface area contributed by atoms with E-state index in [0.29, 0.717) is 12.3 Å². The lowest BCUT2D eigenvalue weighted by Gasteiger charge is -2.20. The first-order valence-electron chi connectivity index (χ1n) is 9.93. The number of benzene rings is 1. The van der Waals surface area contributed by atoms with Crippen LogP contribution in [0.4, 0.5) is 0 Å². The second-order valence-corrected chi connectivity index (χ2v) is 8.77. The molecule has 0 aromatic heterocycles. The summed E-state index contributed by atoms with van der Waals surface area (Å²) in [6.45, 7) is 3.07. The first kappa shape index (κ1) is 22.8. The summed E-state index contributed by atoms with van der Waals surface area (Å²) in [5, 5.41) is 0. The fraction of sp³-hybridized carbons (Fsp3) is 0.650. The Morgan fingerprint density at radius 3 is 2.46 bits per heavy atom. The van der Waals surface area contributed by atoms with Crippen LogP contribution in [0.3, 0.4) is 0 Å². The van der Waals surface area contributed by atoms with Crippen LogP contribution in [0.25, 0.3) is 0 Å². The maximum atomic E-state index is 11.2. The average molecular weight is 413 g/mol. The van der Waals surface area contributed by atoms with Crippen LogP contribution in [0, 0.1) is 5.92 Å². The Morgan fingerprint density at radius 2 is 1.86 bits per heavy atom. The van der Waals surface area contributed by atoms with E-state index < -0.39 is 10.3 Å². The molecule has 1 heterocycles. The van der Waals surface area contributed by atoms with Crippen molar-refractivity contribution in [3.05, 3.63) is 35.9 Å². The molecule has 3 rings (SSSR count). The van der Waals surface area contributed by atoms with Gasteiger partial charge in [0, 0.05) is 25.6 Å². The minimum absolute atomic E-state index is 0.0428. The van der Waals surface area contributed by atoms with Gasteiger partial charge in [0.25, 0.3) is 0 Å². The van der Waals surface area contributed by atoms with E-state index in [9.17, 15) is 13.2 Å². The zero-order valence-corrected chi connectivity index (χ0v) is 17.4. The van der Waals surface area contributed by atoms with Crippen molar-refractivity contribution >= 4 is 16.3 Å². The highest BCUT2D eigenvalue weighted by Gasteiger charge is 2.24. The SMILES string of the molecule is COC(=O)CC1CCN(Cc2ccccc2)C1.O=S(=O)(O)NC1CCCCC1. The molecule has 28 heavy (non-hydrogen) atoms. The molecular weight excluding hydrogens is 380 g/mol. The van der Waals surface area contributed by atoms with Crippen molar-refractivity contribution in [2.24, 2.45) is 5.92 Å². The third-order valence-corrected chi connectivity index (χ3v) is 5.85.